The first-order valence-electron chi connectivity index (χ1n) is 7.30. The zero-order chi connectivity index (χ0) is 17.0. The minimum atomic E-state index is -0.314. The van der Waals surface area contributed by atoms with Gasteiger partial charge in [-0.25, -0.2) is 4.79 Å². The molecule has 6 nitrogen and oxygen atoms in total. The maximum absolute atomic E-state index is 12.2. The van der Waals surface area contributed by atoms with E-state index in [0.717, 1.165) is 17.1 Å². The lowest BCUT2D eigenvalue weighted by Gasteiger charge is -2.15. The number of ether oxygens (including phenoxy) is 2. The smallest absolute Gasteiger partial charge is 0.319 e. The summed E-state index contributed by atoms with van der Waals surface area (Å²) in [6, 6.07) is 6.63. The van der Waals surface area contributed by atoms with E-state index in [2.05, 4.69) is 10.6 Å². The standard InChI is InChI=1S/C17H22N2O4/c1-10-6-16(12(3)23-10)11(2)18-17(20)19-13-7-14(21-4)9-15(8-13)22-5/h6-9,11H,1-5H3,(H2,18,19,20)/t11-/m1/s1. The summed E-state index contributed by atoms with van der Waals surface area (Å²) in [5.41, 5.74) is 1.55. The monoisotopic (exact) mass is 318 g/mol. The van der Waals surface area contributed by atoms with Gasteiger partial charge in [0.25, 0.3) is 0 Å². The van der Waals surface area contributed by atoms with E-state index >= 15 is 0 Å². The first-order chi connectivity index (χ1) is 10.9. The van der Waals surface area contributed by atoms with E-state index in [1.807, 2.05) is 26.8 Å². The third-order valence-corrected chi connectivity index (χ3v) is 3.50. The molecule has 23 heavy (non-hydrogen) atoms. The topological polar surface area (TPSA) is 72.7 Å². The quantitative estimate of drug-likeness (QED) is 0.879. The van der Waals surface area contributed by atoms with Gasteiger partial charge >= 0.3 is 6.03 Å². The zero-order valence-corrected chi connectivity index (χ0v) is 14.0. The number of furan rings is 1. The molecule has 1 aromatic heterocycles. The van der Waals surface area contributed by atoms with E-state index < -0.39 is 0 Å². The third-order valence-electron chi connectivity index (χ3n) is 3.50. The summed E-state index contributed by atoms with van der Waals surface area (Å²) in [5, 5.41) is 5.66. The number of methoxy groups -OCH3 is 2. The van der Waals surface area contributed by atoms with Gasteiger partial charge in [-0.15, -0.1) is 0 Å². The van der Waals surface area contributed by atoms with Gasteiger partial charge in [0.2, 0.25) is 0 Å². The molecule has 124 valence electrons. The summed E-state index contributed by atoms with van der Waals surface area (Å²) in [7, 11) is 3.12. The predicted octanol–water partition coefficient (Wildman–Crippen LogP) is 3.80. The molecule has 0 unspecified atom stereocenters. The molecule has 2 N–H and O–H groups in total. The maximum atomic E-state index is 12.2. The molecule has 2 rings (SSSR count). The van der Waals surface area contributed by atoms with E-state index in [0.29, 0.717) is 17.2 Å². The van der Waals surface area contributed by atoms with Crippen molar-refractivity contribution in [2.45, 2.75) is 26.8 Å². The highest BCUT2D eigenvalue weighted by molar-refractivity contribution is 5.90. The number of nitrogens with one attached hydrogen (secondary N) is 2. The molecular formula is C17H22N2O4. The Labute approximate surface area is 135 Å². The molecule has 0 aliphatic carbocycles. The van der Waals surface area contributed by atoms with Crippen molar-refractivity contribution in [1.82, 2.24) is 5.32 Å². The van der Waals surface area contributed by atoms with Crippen LogP contribution in [0.1, 0.15) is 30.0 Å². The fraction of sp³-hybridized carbons (Fsp3) is 0.353. The van der Waals surface area contributed by atoms with Crippen molar-refractivity contribution in [3.8, 4) is 11.5 Å². The second kappa shape index (κ2) is 7.09. The molecule has 0 fully saturated rings. The molecule has 0 spiro atoms. The zero-order valence-electron chi connectivity index (χ0n) is 14.0. The summed E-state index contributed by atoms with van der Waals surface area (Å²) in [6.45, 7) is 5.67. The molecule has 0 aliphatic heterocycles. The third kappa shape index (κ3) is 4.18. The van der Waals surface area contributed by atoms with Crippen LogP contribution in [0.25, 0.3) is 0 Å². The molecule has 0 radical (unpaired) electrons. The van der Waals surface area contributed by atoms with Crippen LogP contribution in [0.5, 0.6) is 11.5 Å². The molecule has 6 heteroatoms. The number of urea groups is 1. The molecule has 0 saturated heterocycles. The number of aryl methyl sites for hydroxylation is 2. The number of anilines is 1. The summed E-state index contributed by atoms with van der Waals surface area (Å²) in [6.07, 6.45) is 0. The average Bonchev–Trinajstić information content (AvgIpc) is 2.85. The van der Waals surface area contributed by atoms with Crippen LogP contribution in [0.15, 0.2) is 28.7 Å². The van der Waals surface area contributed by atoms with Crippen molar-refractivity contribution < 1.29 is 18.7 Å². The SMILES string of the molecule is COc1cc(NC(=O)N[C@H](C)c2cc(C)oc2C)cc(OC)c1. The van der Waals surface area contributed by atoms with Crippen LogP contribution in [-0.4, -0.2) is 20.3 Å². The average molecular weight is 318 g/mol. The molecule has 1 heterocycles. The maximum Gasteiger partial charge on any atom is 0.319 e. The van der Waals surface area contributed by atoms with Gasteiger partial charge < -0.3 is 24.5 Å². The summed E-state index contributed by atoms with van der Waals surface area (Å²) in [4.78, 5) is 12.2. The number of amides is 2. The van der Waals surface area contributed by atoms with Crippen molar-refractivity contribution in [3.05, 3.63) is 41.3 Å². The minimum Gasteiger partial charge on any atom is -0.497 e. The van der Waals surface area contributed by atoms with Crippen LogP contribution in [0, 0.1) is 13.8 Å². The molecule has 0 bridgehead atoms. The Kier molecular flexibility index (Phi) is 5.16. The van der Waals surface area contributed by atoms with E-state index in [4.69, 9.17) is 13.9 Å². The lowest BCUT2D eigenvalue weighted by atomic mass is 10.1. The first kappa shape index (κ1) is 16.7. The van der Waals surface area contributed by atoms with E-state index in [-0.39, 0.29) is 12.1 Å². The van der Waals surface area contributed by atoms with Gasteiger partial charge in [0.1, 0.15) is 23.0 Å². The van der Waals surface area contributed by atoms with E-state index in [1.54, 1.807) is 32.4 Å². The summed E-state index contributed by atoms with van der Waals surface area (Å²) >= 11 is 0. The molecule has 2 amide bonds. The highest BCUT2D eigenvalue weighted by atomic mass is 16.5. The van der Waals surface area contributed by atoms with Crippen molar-refractivity contribution in [2.24, 2.45) is 0 Å². The lowest BCUT2D eigenvalue weighted by Crippen LogP contribution is -2.31. The Balaban J connectivity index is 2.06. The Morgan fingerprint density at radius 1 is 1.09 bits per heavy atom. The second-order valence-corrected chi connectivity index (χ2v) is 5.29. The molecule has 1 aromatic carbocycles. The largest absolute Gasteiger partial charge is 0.497 e. The fourth-order valence-corrected chi connectivity index (χ4v) is 2.40. The molecule has 0 aliphatic rings. The van der Waals surface area contributed by atoms with Gasteiger partial charge in [-0.2, -0.15) is 0 Å². The first-order valence-corrected chi connectivity index (χ1v) is 7.30. The number of carbonyl (C=O) groups is 1. The van der Waals surface area contributed by atoms with Gasteiger partial charge in [0.15, 0.2) is 0 Å². The summed E-state index contributed by atoms with van der Waals surface area (Å²) in [5.74, 6) is 2.84. The predicted molar refractivity (Wildman–Crippen MR) is 88.3 cm³/mol. The van der Waals surface area contributed by atoms with Gasteiger partial charge in [-0.3, -0.25) is 0 Å². The van der Waals surface area contributed by atoms with Crippen LogP contribution in [0.3, 0.4) is 0 Å². The molecule has 2 aromatic rings. The number of carbonyl (C=O) groups excluding carboxylic acids is 1. The second-order valence-electron chi connectivity index (χ2n) is 5.29. The number of hydrogen-bond acceptors (Lipinski definition) is 4. The van der Waals surface area contributed by atoms with Crippen LogP contribution < -0.4 is 20.1 Å². The van der Waals surface area contributed by atoms with Gasteiger partial charge in [0.05, 0.1) is 20.3 Å². The van der Waals surface area contributed by atoms with Crippen LogP contribution >= 0.6 is 0 Å². The lowest BCUT2D eigenvalue weighted by molar-refractivity contribution is 0.249. The number of rotatable bonds is 5. The van der Waals surface area contributed by atoms with Gasteiger partial charge in [-0.1, -0.05) is 0 Å². The molecule has 0 saturated carbocycles. The highest BCUT2D eigenvalue weighted by Gasteiger charge is 2.15. The van der Waals surface area contributed by atoms with Crippen LogP contribution in [0.4, 0.5) is 10.5 Å². The Morgan fingerprint density at radius 3 is 2.17 bits per heavy atom. The molecule has 1 atom stereocenters. The normalized spacial score (nSPS) is 11.7. The molecular weight excluding hydrogens is 296 g/mol. The van der Waals surface area contributed by atoms with Crippen molar-refractivity contribution in [3.63, 3.8) is 0 Å². The van der Waals surface area contributed by atoms with Gasteiger partial charge in [-0.05, 0) is 26.8 Å². The van der Waals surface area contributed by atoms with Crippen molar-refractivity contribution in [2.75, 3.05) is 19.5 Å². The Morgan fingerprint density at radius 2 is 1.70 bits per heavy atom. The minimum absolute atomic E-state index is 0.167. The van der Waals surface area contributed by atoms with Crippen LogP contribution in [-0.2, 0) is 0 Å². The Bertz CT molecular complexity index is 672. The van der Waals surface area contributed by atoms with Crippen LogP contribution in [0.2, 0.25) is 0 Å². The van der Waals surface area contributed by atoms with Crippen molar-refractivity contribution in [1.29, 1.82) is 0 Å². The summed E-state index contributed by atoms with van der Waals surface area (Å²) < 4.78 is 15.9. The van der Waals surface area contributed by atoms with Gasteiger partial charge in [0, 0.05) is 29.4 Å². The number of benzene rings is 1. The van der Waals surface area contributed by atoms with E-state index in [9.17, 15) is 4.79 Å². The highest BCUT2D eigenvalue weighted by Crippen LogP contribution is 2.26. The van der Waals surface area contributed by atoms with Crippen molar-refractivity contribution >= 4 is 11.7 Å². The fourth-order valence-electron chi connectivity index (χ4n) is 2.40. The number of hydrogen-bond donors (Lipinski definition) is 2. The van der Waals surface area contributed by atoms with E-state index in [1.165, 1.54) is 0 Å². The Hall–Kier alpha value is -2.63.